The number of amides is 4. The smallest absolute Gasteiger partial charge is 0.325 e. The van der Waals surface area contributed by atoms with Crippen LogP contribution in [-0.4, -0.2) is 54.9 Å². The molecular weight excluding hydrogens is 418 g/mol. The Morgan fingerprint density at radius 2 is 1.94 bits per heavy atom. The summed E-state index contributed by atoms with van der Waals surface area (Å²) >= 11 is 6.13. The van der Waals surface area contributed by atoms with Crippen LogP contribution in [-0.2, 0) is 16.0 Å². The number of nitrogens with zero attached hydrogens (tertiary/aromatic N) is 2. The second-order valence-electron chi connectivity index (χ2n) is 7.64. The molecule has 3 rings (SSSR count). The standard InChI is InChI=1S/C23H26ClN3O4/c1-15(16-7-5-4-6-8-16)25-23(30)27-14-21(28)26(2)13-18(22(27)29)11-17-12-19(24)9-10-20(17)31-3/h4-10,12,15,18H,11,13-14H2,1-3H3,(H,25,30)/t15-,18?/m1/s1. The third-order valence-electron chi connectivity index (χ3n) is 5.42. The first kappa shape index (κ1) is 22.6. The Labute approximate surface area is 186 Å². The van der Waals surface area contributed by atoms with Crippen molar-refractivity contribution in [3.63, 3.8) is 0 Å². The van der Waals surface area contributed by atoms with E-state index in [-0.39, 0.29) is 31.5 Å². The maximum atomic E-state index is 13.3. The Kier molecular flexibility index (Phi) is 7.17. The number of hydrogen-bond donors (Lipinski definition) is 1. The molecule has 8 heteroatoms. The summed E-state index contributed by atoms with van der Waals surface area (Å²) in [4.78, 5) is 41.2. The average Bonchev–Trinajstić information content (AvgIpc) is 2.86. The lowest BCUT2D eigenvalue weighted by Crippen LogP contribution is -2.48. The van der Waals surface area contributed by atoms with Crippen LogP contribution < -0.4 is 10.1 Å². The highest BCUT2D eigenvalue weighted by atomic mass is 35.5. The van der Waals surface area contributed by atoms with Crippen molar-refractivity contribution < 1.29 is 19.1 Å². The van der Waals surface area contributed by atoms with Crippen molar-refractivity contribution in [3.05, 3.63) is 64.7 Å². The van der Waals surface area contributed by atoms with Crippen LogP contribution in [0.15, 0.2) is 48.5 Å². The van der Waals surface area contributed by atoms with Gasteiger partial charge in [-0.3, -0.25) is 14.5 Å². The first-order valence-corrected chi connectivity index (χ1v) is 10.4. The van der Waals surface area contributed by atoms with E-state index in [1.54, 1.807) is 32.4 Å². The monoisotopic (exact) mass is 443 g/mol. The molecule has 0 radical (unpaired) electrons. The molecular formula is C23H26ClN3O4. The highest BCUT2D eigenvalue weighted by molar-refractivity contribution is 6.30. The minimum Gasteiger partial charge on any atom is -0.496 e. The van der Waals surface area contributed by atoms with Crippen molar-refractivity contribution >= 4 is 29.4 Å². The largest absolute Gasteiger partial charge is 0.496 e. The summed E-state index contributed by atoms with van der Waals surface area (Å²) in [5.41, 5.74) is 1.65. The highest BCUT2D eigenvalue weighted by Crippen LogP contribution is 2.27. The molecule has 1 aliphatic rings. The van der Waals surface area contributed by atoms with Crippen molar-refractivity contribution in [2.45, 2.75) is 19.4 Å². The van der Waals surface area contributed by atoms with E-state index in [2.05, 4.69) is 5.32 Å². The van der Waals surface area contributed by atoms with Gasteiger partial charge in [-0.1, -0.05) is 41.9 Å². The third-order valence-corrected chi connectivity index (χ3v) is 5.66. The Hall–Kier alpha value is -3.06. The molecule has 0 saturated carbocycles. The second kappa shape index (κ2) is 9.83. The van der Waals surface area contributed by atoms with Gasteiger partial charge in [-0.15, -0.1) is 0 Å². The molecule has 1 saturated heterocycles. The number of rotatable bonds is 5. The van der Waals surface area contributed by atoms with Crippen LogP contribution in [0.2, 0.25) is 5.02 Å². The summed E-state index contributed by atoms with van der Waals surface area (Å²) in [6.45, 7) is 1.73. The lowest BCUT2D eigenvalue weighted by Gasteiger charge is -2.24. The number of hydrogen-bond acceptors (Lipinski definition) is 4. The van der Waals surface area contributed by atoms with Crippen molar-refractivity contribution in [1.82, 2.24) is 15.1 Å². The van der Waals surface area contributed by atoms with Gasteiger partial charge < -0.3 is 15.0 Å². The fourth-order valence-electron chi connectivity index (χ4n) is 3.65. The molecule has 0 aliphatic carbocycles. The zero-order valence-corrected chi connectivity index (χ0v) is 18.6. The second-order valence-corrected chi connectivity index (χ2v) is 8.07. The maximum absolute atomic E-state index is 13.3. The third kappa shape index (κ3) is 5.35. The molecule has 2 atom stereocenters. The van der Waals surface area contributed by atoms with E-state index >= 15 is 0 Å². The van der Waals surface area contributed by atoms with Gasteiger partial charge in [0, 0.05) is 18.6 Å². The van der Waals surface area contributed by atoms with E-state index < -0.39 is 17.9 Å². The summed E-state index contributed by atoms with van der Waals surface area (Å²) in [6, 6.07) is 13.7. The normalized spacial score (nSPS) is 17.9. The molecule has 0 spiro atoms. The van der Waals surface area contributed by atoms with Crippen LogP contribution >= 0.6 is 11.6 Å². The van der Waals surface area contributed by atoms with Crippen LogP contribution in [0.5, 0.6) is 5.75 Å². The lowest BCUT2D eigenvalue weighted by atomic mass is 9.97. The maximum Gasteiger partial charge on any atom is 0.325 e. The van der Waals surface area contributed by atoms with Crippen LogP contribution in [0.4, 0.5) is 4.79 Å². The fourth-order valence-corrected chi connectivity index (χ4v) is 3.84. The molecule has 0 aromatic heterocycles. The lowest BCUT2D eigenvalue weighted by molar-refractivity contribution is -0.134. The molecule has 164 valence electrons. The van der Waals surface area contributed by atoms with Crippen molar-refractivity contribution in [3.8, 4) is 5.75 Å². The summed E-state index contributed by atoms with van der Waals surface area (Å²) in [5.74, 6) is -0.709. The molecule has 2 aromatic carbocycles. The zero-order valence-electron chi connectivity index (χ0n) is 17.8. The SMILES string of the molecule is COc1ccc(Cl)cc1CC1CN(C)C(=O)CN(C(=O)N[C@H](C)c2ccccc2)C1=O. The number of likely N-dealkylation sites (N-methyl/N-ethyl adjacent to an activating group) is 1. The van der Waals surface area contributed by atoms with Crippen LogP contribution in [0.25, 0.3) is 0 Å². The predicted molar refractivity (Wildman–Crippen MR) is 118 cm³/mol. The van der Waals surface area contributed by atoms with Gasteiger partial charge >= 0.3 is 6.03 Å². The molecule has 4 amide bonds. The van der Waals surface area contributed by atoms with E-state index in [1.165, 1.54) is 4.90 Å². The topological polar surface area (TPSA) is 79.0 Å². The number of methoxy groups -OCH3 is 1. The molecule has 1 unspecified atom stereocenters. The Balaban J connectivity index is 1.82. The molecule has 31 heavy (non-hydrogen) atoms. The molecule has 1 N–H and O–H groups in total. The molecule has 1 heterocycles. The molecule has 1 fully saturated rings. The van der Waals surface area contributed by atoms with Gasteiger partial charge in [0.15, 0.2) is 0 Å². The van der Waals surface area contributed by atoms with E-state index in [1.807, 2.05) is 37.3 Å². The summed E-state index contributed by atoms with van der Waals surface area (Å²) in [7, 11) is 3.17. The molecule has 0 bridgehead atoms. The van der Waals surface area contributed by atoms with Gasteiger partial charge in [-0.2, -0.15) is 0 Å². The fraction of sp³-hybridized carbons (Fsp3) is 0.348. The summed E-state index contributed by atoms with van der Waals surface area (Å²) in [5, 5.41) is 3.35. The van der Waals surface area contributed by atoms with Crippen molar-refractivity contribution in [1.29, 1.82) is 0 Å². The van der Waals surface area contributed by atoms with E-state index in [0.29, 0.717) is 10.8 Å². The first-order valence-electron chi connectivity index (χ1n) is 10.0. The number of urea groups is 1. The number of imide groups is 1. The van der Waals surface area contributed by atoms with Crippen LogP contribution in [0.3, 0.4) is 0 Å². The Bertz CT molecular complexity index is 967. The van der Waals surface area contributed by atoms with Gasteiger partial charge in [-0.25, -0.2) is 4.79 Å². The van der Waals surface area contributed by atoms with Gasteiger partial charge in [0.25, 0.3) is 0 Å². The summed E-state index contributed by atoms with van der Waals surface area (Å²) in [6.07, 6.45) is 0.290. The van der Waals surface area contributed by atoms with E-state index in [4.69, 9.17) is 16.3 Å². The Morgan fingerprint density at radius 1 is 1.23 bits per heavy atom. The van der Waals surface area contributed by atoms with Gasteiger partial charge in [0.2, 0.25) is 11.8 Å². The number of halogens is 1. The average molecular weight is 444 g/mol. The Morgan fingerprint density at radius 3 is 2.61 bits per heavy atom. The minimum atomic E-state index is -0.610. The highest BCUT2D eigenvalue weighted by Gasteiger charge is 2.37. The minimum absolute atomic E-state index is 0.200. The quantitative estimate of drug-likeness (QED) is 0.769. The summed E-state index contributed by atoms with van der Waals surface area (Å²) < 4.78 is 5.39. The zero-order chi connectivity index (χ0) is 22.5. The van der Waals surface area contributed by atoms with Crippen LogP contribution in [0, 0.1) is 5.92 Å². The molecule has 2 aromatic rings. The molecule has 7 nitrogen and oxygen atoms in total. The van der Waals surface area contributed by atoms with Crippen molar-refractivity contribution in [2.24, 2.45) is 5.92 Å². The van der Waals surface area contributed by atoms with E-state index in [9.17, 15) is 14.4 Å². The number of ether oxygens (including phenoxy) is 1. The number of carbonyl (C=O) groups excluding carboxylic acids is 3. The van der Waals surface area contributed by atoms with Gasteiger partial charge in [0.1, 0.15) is 12.3 Å². The van der Waals surface area contributed by atoms with Gasteiger partial charge in [-0.05, 0) is 42.7 Å². The van der Waals surface area contributed by atoms with E-state index in [0.717, 1.165) is 16.0 Å². The molecule has 1 aliphatic heterocycles. The van der Waals surface area contributed by atoms with Gasteiger partial charge in [0.05, 0.1) is 19.1 Å². The predicted octanol–water partition coefficient (Wildman–Crippen LogP) is 3.28. The van der Waals surface area contributed by atoms with Crippen molar-refractivity contribution in [2.75, 3.05) is 27.2 Å². The number of nitrogens with one attached hydrogen (secondary N) is 1. The number of carbonyl (C=O) groups is 3. The number of benzene rings is 2. The van der Waals surface area contributed by atoms with Crippen LogP contribution in [0.1, 0.15) is 24.1 Å². The first-order chi connectivity index (χ1) is 14.8.